The molecule has 0 bridgehead atoms. The molecule has 0 saturated carbocycles. The Morgan fingerprint density at radius 1 is 1.00 bits per heavy atom. The van der Waals surface area contributed by atoms with Crippen molar-refractivity contribution < 1.29 is 19.4 Å². The Bertz CT molecular complexity index is 1000. The number of aromatic nitrogens is 1. The van der Waals surface area contributed by atoms with Crippen LogP contribution in [-0.2, 0) is 16.0 Å². The molecule has 0 saturated heterocycles. The summed E-state index contributed by atoms with van der Waals surface area (Å²) in [6, 6.07) is 19.3. The largest absolute Gasteiger partial charge is 0.481 e. The number of hydrogen-bond donors (Lipinski definition) is 2. The number of nitrogens with one attached hydrogen (secondary N) is 1. The molecule has 28 heavy (non-hydrogen) atoms. The summed E-state index contributed by atoms with van der Waals surface area (Å²) in [5.41, 5.74) is 5.15. The van der Waals surface area contributed by atoms with E-state index < -0.39 is 12.1 Å². The summed E-state index contributed by atoms with van der Waals surface area (Å²) in [4.78, 5) is 27.1. The number of hydrogen-bond acceptors (Lipinski definition) is 4. The molecule has 0 radical (unpaired) electrons. The van der Waals surface area contributed by atoms with E-state index in [1.54, 1.807) is 6.07 Å². The van der Waals surface area contributed by atoms with Crippen LogP contribution >= 0.6 is 0 Å². The predicted molar refractivity (Wildman–Crippen MR) is 104 cm³/mol. The Hall–Kier alpha value is -3.67. The zero-order valence-corrected chi connectivity index (χ0v) is 15.0. The fraction of sp³-hybridized carbons (Fsp3) is 0.136. The van der Waals surface area contributed by atoms with Crippen LogP contribution in [0.4, 0.5) is 10.6 Å². The van der Waals surface area contributed by atoms with Gasteiger partial charge in [0, 0.05) is 12.1 Å². The van der Waals surface area contributed by atoms with Crippen LogP contribution in [0.2, 0.25) is 0 Å². The van der Waals surface area contributed by atoms with Gasteiger partial charge in [0.15, 0.2) is 0 Å². The summed E-state index contributed by atoms with van der Waals surface area (Å²) in [5.74, 6) is -0.710. The highest BCUT2D eigenvalue weighted by molar-refractivity contribution is 5.84. The van der Waals surface area contributed by atoms with Crippen molar-refractivity contribution in [3.05, 3.63) is 83.6 Å². The number of anilines is 1. The fourth-order valence-electron chi connectivity index (χ4n) is 3.57. The summed E-state index contributed by atoms with van der Waals surface area (Å²) in [6.45, 7) is 0.203. The first kappa shape index (κ1) is 17.7. The highest BCUT2D eigenvalue weighted by Gasteiger charge is 2.29. The van der Waals surface area contributed by atoms with Crippen LogP contribution < -0.4 is 5.32 Å². The molecule has 6 nitrogen and oxygen atoms in total. The van der Waals surface area contributed by atoms with E-state index >= 15 is 0 Å². The topological polar surface area (TPSA) is 88.5 Å². The zero-order chi connectivity index (χ0) is 19.5. The van der Waals surface area contributed by atoms with Crippen molar-refractivity contribution in [2.75, 3.05) is 11.9 Å². The van der Waals surface area contributed by atoms with Crippen LogP contribution in [-0.4, -0.2) is 28.8 Å². The Morgan fingerprint density at radius 3 is 2.29 bits per heavy atom. The van der Waals surface area contributed by atoms with E-state index in [1.807, 2.05) is 24.3 Å². The standard InChI is InChI=1S/C22H18N2O4/c25-21(26)12-14-9-10-23-20(11-14)24-22(27)28-13-19-17-7-3-1-5-15(17)16-6-2-4-8-18(16)19/h1-11,19H,12-13H2,(H,25,26)(H,23,24,27). The summed E-state index contributed by atoms with van der Waals surface area (Å²) < 4.78 is 5.46. The Labute approximate surface area is 161 Å². The molecule has 3 aromatic rings. The number of aliphatic carboxylic acids is 1. The van der Waals surface area contributed by atoms with Gasteiger partial charge in [0.25, 0.3) is 0 Å². The number of amides is 1. The molecule has 6 heteroatoms. The van der Waals surface area contributed by atoms with Gasteiger partial charge in [-0.1, -0.05) is 48.5 Å². The predicted octanol–water partition coefficient (Wildman–Crippen LogP) is 4.07. The lowest BCUT2D eigenvalue weighted by Crippen LogP contribution is -2.18. The number of benzene rings is 2. The lowest BCUT2D eigenvalue weighted by atomic mass is 9.98. The van der Waals surface area contributed by atoms with E-state index in [2.05, 4.69) is 34.6 Å². The molecule has 1 aliphatic carbocycles. The number of nitrogens with zero attached hydrogens (tertiary/aromatic N) is 1. The number of carboxylic acid groups (broad SMARTS) is 1. The van der Waals surface area contributed by atoms with Crippen LogP contribution in [0.5, 0.6) is 0 Å². The SMILES string of the molecule is O=C(O)Cc1ccnc(NC(=O)OCC2c3ccccc3-c3ccccc32)c1. The van der Waals surface area contributed by atoms with Gasteiger partial charge in [-0.2, -0.15) is 0 Å². The van der Waals surface area contributed by atoms with Gasteiger partial charge in [0.1, 0.15) is 12.4 Å². The Kier molecular flexibility index (Phi) is 4.76. The molecular formula is C22H18N2O4. The van der Waals surface area contributed by atoms with Gasteiger partial charge in [0.2, 0.25) is 0 Å². The molecule has 1 amide bonds. The summed E-state index contributed by atoms with van der Waals surface area (Å²) >= 11 is 0. The number of rotatable bonds is 5. The summed E-state index contributed by atoms with van der Waals surface area (Å²) in [6.07, 6.45) is 0.695. The first-order valence-electron chi connectivity index (χ1n) is 8.90. The number of pyridine rings is 1. The van der Waals surface area contributed by atoms with E-state index in [4.69, 9.17) is 9.84 Å². The summed E-state index contributed by atoms with van der Waals surface area (Å²) in [5, 5.41) is 11.4. The number of carbonyl (C=O) groups is 2. The van der Waals surface area contributed by atoms with Crippen LogP contribution in [0.3, 0.4) is 0 Å². The van der Waals surface area contributed by atoms with Crippen molar-refractivity contribution >= 4 is 17.9 Å². The second-order valence-electron chi connectivity index (χ2n) is 6.57. The smallest absolute Gasteiger partial charge is 0.412 e. The number of carbonyl (C=O) groups excluding carboxylic acids is 1. The molecule has 0 unspecified atom stereocenters. The second kappa shape index (κ2) is 7.52. The Morgan fingerprint density at radius 2 is 1.64 bits per heavy atom. The van der Waals surface area contributed by atoms with Gasteiger partial charge < -0.3 is 9.84 Å². The van der Waals surface area contributed by atoms with Crippen molar-refractivity contribution in [3.8, 4) is 11.1 Å². The molecule has 4 rings (SSSR count). The van der Waals surface area contributed by atoms with Crippen LogP contribution in [0, 0.1) is 0 Å². The maximum atomic E-state index is 12.2. The molecule has 0 aliphatic heterocycles. The molecule has 0 spiro atoms. The minimum Gasteiger partial charge on any atom is -0.481 e. The fourth-order valence-corrected chi connectivity index (χ4v) is 3.57. The lowest BCUT2D eigenvalue weighted by molar-refractivity contribution is -0.136. The molecule has 140 valence electrons. The van der Waals surface area contributed by atoms with Crippen molar-refractivity contribution in [3.63, 3.8) is 0 Å². The van der Waals surface area contributed by atoms with Gasteiger partial charge in [-0.3, -0.25) is 10.1 Å². The van der Waals surface area contributed by atoms with Crippen LogP contribution in [0.25, 0.3) is 11.1 Å². The van der Waals surface area contributed by atoms with E-state index in [-0.39, 0.29) is 24.8 Å². The van der Waals surface area contributed by atoms with Crippen molar-refractivity contribution in [2.45, 2.75) is 12.3 Å². The molecule has 2 aromatic carbocycles. The first-order chi connectivity index (χ1) is 13.6. The van der Waals surface area contributed by atoms with Gasteiger partial charge in [-0.15, -0.1) is 0 Å². The third-order valence-corrected chi connectivity index (χ3v) is 4.75. The molecule has 0 fully saturated rings. The zero-order valence-electron chi connectivity index (χ0n) is 15.0. The minimum atomic E-state index is -0.946. The maximum absolute atomic E-state index is 12.2. The van der Waals surface area contributed by atoms with Gasteiger partial charge in [-0.05, 0) is 39.9 Å². The Balaban J connectivity index is 1.45. The van der Waals surface area contributed by atoms with Gasteiger partial charge in [-0.25, -0.2) is 9.78 Å². The minimum absolute atomic E-state index is 0.0237. The highest BCUT2D eigenvalue weighted by Crippen LogP contribution is 2.44. The van der Waals surface area contributed by atoms with Crippen molar-refractivity contribution in [2.24, 2.45) is 0 Å². The first-order valence-corrected chi connectivity index (χ1v) is 8.90. The molecule has 1 heterocycles. The maximum Gasteiger partial charge on any atom is 0.412 e. The van der Waals surface area contributed by atoms with Crippen LogP contribution in [0.15, 0.2) is 66.9 Å². The third kappa shape index (κ3) is 3.57. The van der Waals surface area contributed by atoms with Gasteiger partial charge in [0.05, 0.1) is 6.42 Å². The number of carboxylic acids is 1. The molecular weight excluding hydrogens is 356 g/mol. The van der Waals surface area contributed by atoms with Crippen LogP contribution in [0.1, 0.15) is 22.6 Å². The third-order valence-electron chi connectivity index (χ3n) is 4.75. The normalized spacial score (nSPS) is 12.1. The van der Waals surface area contributed by atoms with E-state index in [1.165, 1.54) is 12.3 Å². The van der Waals surface area contributed by atoms with E-state index in [0.717, 1.165) is 22.3 Å². The highest BCUT2D eigenvalue weighted by atomic mass is 16.5. The quantitative estimate of drug-likeness (QED) is 0.703. The average Bonchev–Trinajstić information content (AvgIpc) is 3.00. The number of ether oxygens (including phenoxy) is 1. The lowest BCUT2D eigenvalue weighted by Gasteiger charge is -2.14. The van der Waals surface area contributed by atoms with E-state index in [9.17, 15) is 9.59 Å². The molecule has 1 aromatic heterocycles. The molecule has 0 atom stereocenters. The number of fused-ring (bicyclic) bond motifs is 3. The molecule has 1 aliphatic rings. The van der Waals surface area contributed by atoms with Crippen molar-refractivity contribution in [1.82, 2.24) is 4.98 Å². The average molecular weight is 374 g/mol. The summed E-state index contributed by atoms with van der Waals surface area (Å²) in [7, 11) is 0. The van der Waals surface area contributed by atoms with Crippen molar-refractivity contribution in [1.29, 1.82) is 0 Å². The van der Waals surface area contributed by atoms with E-state index in [0.29, 0.717) is 5.56 Å². The monoisotopic (exact) mass is 374 g/mol. The van der Waals surface area contributed by atoms with Gasteiger partial charge >= 0.3 is 12.1 Å². The second-order valence-corrected chi connectivity index (χ2v) is 6.57. The molecule has 2 N–H and O–H groups in total.